The molecule has 244 valence electrons. The molecule has 4 aromatic rings. The van der Waals surface area contributed by atoms with Gasteiger partial charge in [0.25, 0.3) is 0 Å². The standard InChI is InChI=1S/C27H28N6O6.C2HF3O2/c1-37-13-14-39-21-12-9-17(15-22(21)38-2)23(30-18-10-7-16(8-11-18)24(28)29)25-31-27(36)33(32-25)20-6-4-3-5-19(20)26(34)35;3-2(4,5)1(6)7/h3-12,15,23,30H,13-14H2,1-2H3,(H3,28,29)(H,34,35)(H,31,32,36);(H,6,7). The third-order valence-electron chi connectivity index (χ3n) is 6.09. The Morgan fingerprint density at radius 2 is 1.70 bits per heavy atom. The topological polar surface area (TPSA) is 215 Å². The number of nitrogens with two attached hydrogens (primary N) is 1. The highest BCUT2D eigenvalue weighted by molar-refractivity contribution is 5.95. The minimum atomic E-state index is -5.08. The molecule has 3 aromatic carbocycles. The molecular formula is C29H29F3N6O8. The summed E-state index contributed by atoms with van der Waals surface area (Å²) < 4.78 is 49.1. The lowest BCUT2D eigenvalue weighted by Gasteiger charge is -2.20. The molecule has 1 aromatic heterocycles. The number of alkyl halides is 3. The number of nitrogen functional groups attached to an aromatic ring is 1. The number of halogens is 3. The largest absolute Gasteiger partial charge is 0.493 e. The highest BCUT2D eigenvalue weighted by Crippen LogP contribution is 2.33. The van der Waals surface area contributed by atoms with Crippen LogP contribution in [0.1, 0.15) is 33.4 Å². The lowest BCUT2D eigenvalue weighted by Crippen LogP contribution is -2.21. The zero-order valence-corrected chi connectivity index (χ0v) is 24.3. The first kappa shape index (κ1) is 34.6. The second-order valence-electron chi connectivity index (χ2n) is 9.17. The molecule has 0 saturated heterocycles. The number of aromatic carboxylic acids is 1. The molecule has 0 aliphatic heterocycles. The molecule has 0 bridgehead atoms. The van der Waals surface area contributed by atoms with E-state index in [0.717, 1.165) is 4.68 Å². The van der Waals surface area contributed by atoms with Gasteiger partial charge >= 0.3 is 23.8 Å². The summed E-state index contributed by atoms with van der Waals surface area (Å²) >= 11 is 0. The number of aromatic nitrogens is 3. The van der Waals surface area contributed by atoms with E-state index in [4.69, 9.17) is 35.3 Å². The average Bonchev–Trinajstić information content (AvgIpc) is 3.41. The van der Waals surface area contributed by atoms with Crippen molar-refractivity contribution in [2.24, 2.45) is 5.73 Å². The van der Waals surface area contributed by atoms with E-state index < -0.39 is 29.8 Å². The van der Waals surface area contributed by atoms with Gasteiger partial charge in [-0.15, -0.1) is 5.10 Å². The van der Waals surface area contributed by atoms with Crippen molar-refractivity contribution in [1.29, 1.82) is 5.41 Å². The summed E-state index contributed by atoms with van der Waals surface area (Å²) in [5.74, 6) is -2.81. The third-order valence-corrected chi connectivity index (χ3v) is 6.09. The molecule has 0 amide bonds. The first-order valence-corrected chi connectivity index (χ1v) is 13.1. The highest BCUT2D eigenvalue weighted by Gasteiger charge is 2.38. The molecule has 0 aliphatic carbocycles. The van der Waals surface area contributed by atoms with E-state index in [0.29, 0.717) is 41.5 Å². The SMILES string of the molecule is COCCOc1ccc(C(Nc2ccc(C(=N)N)cc2)c2nn(-c3ccccc3C(=O)O)c(=O)[nH]2)cc1OC.O=C(O)C(F)(F)F. The number of hydrogen-bond donors (Lipinski definition) is 6. The number of anilines is 1. The van der Waals surface area contributed by atoms with E-state index in [1.54, 1.807) is 61.7 Å². The van der Waals surface area contributed by atoms with Crippen LogP contribution in [-0.4, -0.2) is 76.4 Å². The van der Waals surface area contributed by atoms with E-state index in [1.165, 1.54) is 19.2 Å². The fraction of sp³-hybridized carbons (Fsp3) is 0.207. The number of carboxylic acids is 2. The van der Waals surface area contributed by atoms with Crippen LogP contribution in [-0.2, 0) is 9.53 Å². The molecular weight excluding hydrogens is 617 g/mol. The molecule has 0 fully saturated rings. The van der Waals surface area contributed by atoms with Crippen molar-refractivity contribution >= 4 is 23.5 Å². The number of methoxy groups -OCH3 is 2. The first-order chi connectivity index (χ1) is 21.8. The fourth-order valence-corrected chi connectivity index (χ4v) is 3.91. The Hall–Kier alpha value is -5.84. The predicted molar refractivity (Wildman–Crippen MR) is 158 cm³/mol. The Balaban J connectivity index is 0.000000738. The van der Waals surface area contributed by atoms with Gasteiger partial charge in [-0.25, -0.2) is 14.4 Å². The highest BCUT2D eigenvalue weighted by atomic mass is 19.4. The Kier molecular flexibility index (Phi) is 11.5. The molecule has 17 heteroatoms. The number of para-hydroxylation sites is 1. The van der Waals surface area contributed by atoms with Gasteiger partial charge in [-0.05, 0) is 54.1 Å². The zero-order valence-electron chi connectivity index (χ0n) is 24.3. The summed E-state index contributed by atoms with van der Waals surface area (Å²) in [6.07, 6.45) is -5.08. The van der Waals surface area contributed by atoms with Gasteiger partial charge in [-0.3, -0.25) is 10.4 Å². The van der Waals surface area contributed by atoms with E-state index in [1.807, 2.05) is 0 Å². The Bertz CT molecular complexity index is 1740. The van der Waals surface area contributed by atoms with Gasteiger partial charge in [-0.2, -0.15) is 17.9 Å². The number of aromatic amines is 1. The summed E-state index contributed by atoms with van der Waals surface area (Å²) in [6, 6.07) is 17.6. The van der Waals surface area contributed by atoms with Gasteiger partial charge in [0.15, 0.2) is 17.3 Å². The first-order valence-electron chi connectivity index (χ1n) is 13.1. The number of carboxylic acid groups (broad SMARTS) is 2. The maximum atomic E-state index is 13.0. The molecule has 46 heavy (non-hydrogen) atoms. The number of carbonyl (C=O) groups is 2. The molecule has 1 atom stereocenters. The molecule has 0 spiro atoms. The average molecular weight is 647 g/mol. The number of H-pyrrole nitrogens is 1. The van der Waals surface area contributed by atoms with Crippen LogP contribution in [0.2, 0.25) is 0 Å². The number of benzene rings is 3. The number of ether oxygens (including phenoxy) is 3. The van der Waals surface area contributed by atoms with Crippen molar-refractivity contribution in [3.8, 4) is 17.2 Å². The van der Waals surface area contributed by atoms with Crippen molar-refractivity contribution in [2.75, 3.05) is 32.8 Å². The number of nitrogens with one attached hydrogen (secondary N) is 3. The third kappa shape index (κ3) is 8.85. The number of amidine groups is 1. The maximum Gasteiger partial charge on any atom is 0.490 e. The summed E-state index contributed by atoms with van der Waals surface area (Å²) in [7, 11) is 3.10. The summed E-state index contributed by atoms with van der Waals surface area (Å²) in [4.78, 5) is 36.4. The van der Waals surface area contributed by atoms with E-state index >= 15 is 0 Å². The second-order valence-corrected chi connectivity index (χ2v) is 9.17. The molecule has 4 rings (SSSR count). The van der Waals surface area contributed by atoms with E-state index in [-0.39, 0.29) is 22.9 Å². The van der Waals surface area contributed by atoms with Gasteiger partial charge < -0.3 is 35.5 Å². The number of nitrogens with zero attached hydrogens (tertiary/aromatic N) is 2. The van der Waals surface area contributed by atoms with Gasteiger partial charge in [0.1, 0.15) is 18.5 Å². The number of aliphatic carboxylic acids is 1. The van der Waals surface area contributed by atoms with Gasteiger partial charge in [0, 0.05) is 18.4 Å². The quantitative estimate of drug-likeness (QED) is 0.0745. The van der Waals surface area contributed by atoms with Crippen LogP contribution in [0.25, 0.3) is 5.69 Å². The molecule has 7 N–H and O–H groups in total. The molecule has 0 radical (unpaired) electrons. The second kappa shape index (κ2) is 15.2. The normalized spacial score (nSPS) is 11.5. The monoisotopic (exact) mass is 646 g/mol. The predicted octanol–water partition coefficient (Wildman–Crippen LogP) is 3.41. The van der Waals surface area contributed by atoms with Gasteiger partial charge in [-0.1, -0.05) is 18.2 Å². The number of rotatable bonds is 12. The minimum absolute atomic E-state index is 0.0629. The van der Waals surface area contributed by atoms with Crippen LogP contribution in [0.5, 0.6) is 11.5 Å². The minimum Gasteiger partial charge on any atom is -0.493 e. The van der Waals surface area contributed by atoms with Crippen molar-refractivity contribution in [2.45, 2.75) is 12.2 Å². The lowest BCUT2D eigenvalue weighted by atomic mass is 10.0. The van der Waals surface area contributed by atoms with Gasteiger partial charge in [0.2, 0.25) is 0 Å². The van der Waals surface area contributed by atoms with Crippen LogP contribution < -0.4 is 26.2 Å². The van der Waals surface area contributed by atoms with Crippen LogP contribution in [0.3, 0.4) is 0 Å². The maximum absolute atomic E-state index is 13.0. The molecule has 14 nitrogen and oxygen atoms in total. The van der Waals surface area contributed by atoms with Crippen molar-refractivity contribution in [1.82, 2.24) is 14.8 Å². The van der Waals surface area contributed by atoms with E-state index in [2.05, 4.69) is 15.4 Å². The Morgan fingerprint density at radius 1 is 1.04 bits per heavy atom. The molecule has 1 heterocycles. The van der Waals surface area contributed by atoms with Crippen molar-refractivity contribution < 1.29 is 47.2 Å². The summed E-state index contributed by atoms with van der Waals surface area (Å²) in [5.41, 5.74) is 6.92. The Labute approximate surface area is 258 Å². The van der Waals surface area contributed by atoms with Crippen LogP contribution in [0.15, 0.2) is 71.5 Å². The van der Waals surface area contributed by atoms with Crippen LogP contribution in [0.4, 0.5) is 18.9 Å². The summed E-state index contributed by atoms with van der Waals surface area (Å²) in [6.45, 7) is 0.735. The van der Waals surface area contributed by atoms with Crippen molar-refractivity contribution in [3.05, 3.63) is 99.7 Å². The Morgan fingerprint density at radius 3 is 2.26 bits per heavy atom. The number of hydrogen-bond acceptors (Lipinski definition) is 9. The van der Waals surface area contributed by atoms with E-state index in [9.17, 15) is 27.9 Å². The zero-order chi connectivity index (χ0) is 34.0. The van der Waals surface area contributed by atoms with Crippen LogP contribution in [0, 0.1) is 5.41 Å². The summed E-state index contributed by atoms with van der Waals surface area (Å²) in [5, 5.41) is 32.2. The fourth-order valence-electron chi connectivity index (χ4n) is 3.91. The molecule has 0 saturated carbocycles. The van der Waals surface area contributed by atoms with Gasteiger partial charge in [0.05, 0.1) is 25.0 Å². The lowest BCUT2D eigenvalue weighted by molar-refractivity contribution is -0.192. The molecule has 0 aliphatic rings. The molecule has 1 unspecified atom stereocenters. The van der Waals surface area contributed by atoms with Crippen molar-refractivity contribution in [3.63, 3.8) is 0 Å². The smallest absolute Gasteiger partial charge is 0.490 e. The van der Waals surface area contributed by atoms with Crippen LogP contribution >= 0.6 is 0 Å².